The topological polar surface area (TPSA) is 61.4 Å². The molecule has 1 fully saturated rings. The predicted octanol–water partition coefficient (Wildman–Crippen LogP) is 2.88. The maximum Gasteiger partial charge on any atom is 0.237 e. The fourth-order valence-electron chi connectivity index (χ4n) is 3.84. The minimum Gasteiger partial charge on any atom is -0.352 e. The molecule has 2 amide bonds. The zero-order chi connectivity index (χ0) is 19.9. The number of carbonyl (C=O) groups is 2. The van der Waals surface area contributed by atoms with Crippen molar-refractivity contribution in [1.82, 2.24) is 15.5 Å². The van der Waals surface area contributed by atoms with Crippen LogP contribution in [0.5, 0.6) is 0 Å². The van der Waals surface area contributed by atoms with E-state index in [0.717, 1.165) is 30.5 Å². The highest BCUT2D eigenvalue weighted by atomic mass is 16.2. The summed E-state index contributed by atoms with van der Waals surface area (Å²) in [6.07, 6.45) is 1.93. The van der Waals surface area contributed by atoms with Crippen LogP contribution in [0.2, 0.25) is 0 Å². The van der Waals surface area contributed by atoms with Gasteiger partial charge in [-0.1, -0.05) is 60.7 Å². The Morgan fingerprint density at radius 2 is 1.57 bits per heavy atom. The van der Waals surface area contributed by atoms with E-state index in [1.54, 1.807) is 6.92 Å². The van der Waals surface area contributed by atoms with E-state index in [2.05, 4.69) is 15.5 Å². The summed E-state index contributed by atoms with van der Waals surface area (Å²) in [5.41, 5.74) is 2.12. The first kappa shape index (κ1) is 20.1. The predicted molar refractivity (Wildman–Crippen MR) is 111 cm³/mol. The van der Waals surface area contributed by atoms with E-state index in [-0.39, 0.29) is 29.9 Å². The lowest BCUT2D eigenvalue weighted by Gasteiger charge is -2.36. The van der Waals surface area contributed by atoms with Gasteiger partial charge in [0.2, 0.25) is 11.8 Å². The first-order valence-electron chi connectivity index (χ1n) is 9.96. The Balaban J connectivity index is 1.72. The van der Waals surface area contributed by atoms with Gasteiger partial charge in [-0.25, -0.2) is 0 Å². The molecule has 2 atom stereocenters. The molecule has 1 aliphatic rings. The number of likely N-dealkylation sites (tertiary alicyclic amines) is 1. The maximum atomic E-state index is 13.1. The minimum atomic E-state index is -0.258. The number of nitrogens with one attached hydrogen (secondary N) is 2. The number of carbonyl (C=O) groups excluding carboxylic acids is 2. The lowest BCUT2D eigenvalue weighted by Crippen LogP contribution is -2.54. The first-order valence-corrected chi connectivity index (χ1v) is 9.96. The molecule has 1 heterocycles. The summed E-state index contributed by atoms with van der Waals surface area (Å²) in [6, 6.07) is 19.7. The molecule has 2 N–H and O–H groups in total. The van der Waals surface area contributed by atoms with Crippen LogP contribution in [0.25, 0.3) is 0 Å². The molecule has 0 bridgehead atoms. The Morgan fingerprint density at radius 1 is 1.00 bits per heavy atom. The highest BCUT2D eigenvalue weighted by Gasteiger charge is 2.29. The second-order valence-electron chi connectivity index (χ2n) is 7.47. The van der Waals surface area contributed by atoms with Gasteiger partial charge in [0, 0.05) is 19.5 Å². The van der Waals surface area contributed by atoms with Crippen molar-refractivity contribution in [2.45, 2.75) is 44.8 Å². The molecule has 0 radical (unpaired) electrons. The number of benzene rings is 2. The Morgan fingerprint density at radius 3 is 2.11 bits per heavy atom. The summed E-state index contributed by atoms with van der Waals surface area (Å²) in [5, 5.41) is 6.22. The zero-order valence-electron chi connectivity index (χ0n) is 16.6. The van der Waals surface area contributed by atoms with E-state index in [9.17, 15) is 9.59 Å². The molecule has 28 heavy (non-hydrogen) atoms. The smallest absolute Gasteiger partial charge is 0.237 e. The summed E-state index contributed by atoms with van der Waals surface area (Å²) < 4.78 is 0. The van der Waals surface area contributed by atoms with Gasteiger partial charge in [-0.05, 0) is 37.4 Å². The first-order chi connectivity index (χ1) is 13.5. The highest BCUT2D eigenvalue weighted by Crippen LogP contribution is 2.22. The number of nitrogens with zero attached hydrogens (tertiary/aromatic N) is 1. The summed E-state index contributed by atoms with van der Waals surface area (Å²) in [5.74, 6) is -0.0154. The molecule has 0 aromatic heterocycles. The van der Waals surface area contributed by atoms with Crippen LogP contribution < -0.4 is 10.6 Å². The third kappa shape index (κ3) is 5.20. The Bertz CT molecular complexity index is 739. The molecule has 2 aromatic carbocycles. The lowest BCUT2D eigenvalue weighted by molar-refractivity contribution is -0.127. The van der Waals surface area contributed by atoms with Crippen molar-refractivity contribution in [2.24, 2.45) is 0 Å². The van der Waals surface area contributed by atoms with E-state index in [0.29, 0.717) is 6.54 Å². The van der Waals surface area contributed by atoms with Crippen LogP contribution in [0, 0.1) is 0 Å². The highest BCUT2D eigenvalue weighted by molar-refractivity contribution is 5.82. The third-order valence-electron chi connectivity index (χ3n) is 5.34. The number of hydrogen-bond donors (Lipinski definition) is 2. The van der Waals surface area contributed by atoms with Crippen molar-refractivity contribution in [3.05, 3.63) is 71.8 Å². The molecule has 0 spiro atoms. The van der Waals surface area contributed by atoms with Crippen LogP contribution in [0.3, 0.4) is 0 Å². The average Bonchev–Trinajstić information content (AvgIpc) is 2.72. The van der Waals surface area contributed by atoms with Crippen LogP contribution in [0.4, 0.5) is 0 Å². The Hall–Kier alpha value is -2.66. The number of amides is 2. The average molecular weight is 380 g/mol. The van der Waals surface area contributed by atoms with Crippen LogP contribution in [0.1, 0.15) is 43.9 Å². The summed E-state index contributed by atoms with van der Waals surface area (Å²) >= 11 is 0. The fraction of sp³-hybridized carbons (Fsp3) is 0.391. The molecule has 3 rings (SSSR count). The summed E-state index contributed by atoms with van der Waals surface area (Å²) in [4.78, 5) is 26.6. The monoisotopic (exact) mass is 379 g/mol. The van der Waals surface area contributed by atoms with Gasteiger partial charge >= 0.3 is 0 Å². The summed E-state index contributed by atoms with van der Waals surface area (Å²) in [6.45, 7) is 5.06. The molecule has 1 saturated heterocycles. The SMILES string of the molecule is CC(=O)NC1CCCN(C(C)C(=O)NC(c2ccccc2)c2ccccc2)C1. The molecule has 0 aliphatic carbocycles. The van der Waals surface area contributed by atoms with Crippen LogP contribution >= 0.6 is 0 Å². The zero-order valence-corrected chi connectivity index (χ0v) is 16.6. The number of hydrogen-bond acceptors (Lipinski definition) is 3. The van der Waals surface area contributed by atoms with Gasteiger partial charge in [0.15, 0.2) is 0 Å². The van der Waals surface area contributed by atoms with Gasteiger partial charge in [0.1, 0.15) is 0 Å². The summed E-state index contributed by atoms with van der Waals surface area (Å²) in [7, 11) is 0. The van der Waals surface area contributed by atoms with Crippen molar-refractivity contribution in [3.63, 3.8) is 0 Å². The maximum absolute atomic E-state index is 13.1. The van der Waals surface area contributed by atoms with E-state index in [4.69, 9.17) is 0 Å². The quantitative estimate of drug-likeness (QED) is 0.811. The molecule has 5 nitrogen and oxygen atoms in total. The molecule has 2 aromatic rings. The van der Waals surface area contributed by atoms with Crippen molar-refractivity contribution in [3.8, 4) is 0 Å². The second-order valence-corrected chi connectivity index (χ2v) is 7.47. The second kappa shape index (κ2) is 9.51. The van der Waals surface area contributed by atoms with Crippen LogP contribution in [-0.4, -0.2) is 41.9 Å². The fourth-order valence-corrected chi connectivity index (χ4v) is 3.84. The lowest BCUT2D eigenvalue weighted by atomic mass is 9.98. The number of rotatable bonds is 6. The molecule has 2 unspecified atom stereocenters. The van der Waals surface area contributed by atoms with Gasteiger partial charge in [0.25, 0.3) is 0 Å². The minimum absolute atomic E-state index is 0.00109. The normalized spacial score (nSPS) is 18.5. The van der Waals surface area contributed by atoms with E-state index < -0.39 is 0 Å². The van der Waals surface area contributed by atoms with Crippen molar-refractivity contribution in [1.29, 1.82) is 0 Å². The van der Waals surface area contributed by atoms with Crippen LogP contribution in [-0.2, 0) is 9.59 Å². The van der Waals surface area contributed by atoms with Gasteiger partial charge in [-0.2, -0.15) is 0 Å². The van der Waals surface area contributed by atoms with Gasteiger partial charge in [-0.3, -0.25) is 14.5 Å². The molecular weight excluding hydrogens is 350 g/mol. The van der Waals surface area contributed by atoms with Crippen molar-refractivity contribution in [2.75, 3.05) is 13.1 Å². The standard InChI is InChI=1S/C23H29N3O2/c1-17(26-15-9-14-21(16-26)24-18(2)27)23(28)25-22(19-10-5-3-6-11-19)20-12-7-4-8-13-20/h3-8,10-13,17,21-22H,9,14-16H2,1-2H3,(H,24,27)(H,25,28). The van der Waals surface area contributed by atoms with E-state index in [1.165, 1.54) is 0 Å². The number of piperidine rings is 1. The largest absolute Gasteiger partial charge is 0.352 e. The van der Waals surface area contributed by atoms with Gasteiger partial charge < -0.3 is 10.6 Å². The Labute approximate surface area is 167 Å². The van der Waals surface area contributed by atoms with E-state index in [1.807, 2.05) is 67.6 Å². The molecular formula is C23H29N3O2. The Kier molecular flexibility index (Phi) is 6.82. The van der Waals surface area contributed by atoms with E-state index >= 15 is 0 Å². The van der Waals surface area contributed by atoms with Gasteiger partial charge in [0.05, 0.1) is 12.1 Å². The van der Waals surface area contributed by atoms with Crippen LogP contribution in [0.15, 0.2) is 60.7 Å². The van der Waals surface area contributed by atoms with Crippen molar-refractivity contribution >= 4 is 11.8 Å². The molecule has 5 heteroatoms. The van der Waals surface area contributed by atoms with Crippen molar-refractivity contribution < 1.29 is 9.59 Å². The third-order valence-corrected chi connectivity index (χ3v) is 5.34. The molecule has 148 valence electrons. The van der Waals surface area contributed by atoms with Gasteiger partial charge in [-0.15, -0.1) is 0 Å². The molecule has 1 aliphatic heterocycles. The molecule has 0 saturated carbocycles.